The van der Waals surface area contributed by atoms with Crippen LogP contribution in [0.4, 0.5) is 0 Å². The first-order valence-corrected chi connectivity index (χ1v) is 5.70. The number of nitrogens with zero attached hydrogens (tertiary/aromatic N) is 2. The van der Waals surface area contributed by atoms with Gasteiger partial charge in [-0.2, -0.15) is 5.10 Å². The fourth-order valence-electron chi connectivity index (χ4n) is 1.62. The minimum absolute atomic E-state index is 0.309. The molecule has 1 heterocycles. The van der Waals surface area contributed by atoms with E-state index < -0.39 is 17.9 Å². The van der Waals surface area contributed by atoms with Gasteiger partial charge in [0.25, 0.3) is 0 Å². The highest BCUT2D eigenvalue weighted by molar-refractivity contribution is 5.85. The van der Waals surface area contributed by atoms with Gasteiger partial charge >= 0.3 is 5.97 Å². The lowest BCUT2D eigenvalue weighted by Gasteiger charge is -2.09. The molecule has 0 saturated heterocycles. The van der Waals surface area contributed by atoms with Crippen LogP contribution in [0.1, 0.15) is 24.6 Å². The fourth-order valence-corrected chi connectivity index (χ4v) is 1.62. The van der Waals surface area contributed by atoms with Crippen LogP contribution in [0.3, 0.4) is 0 Å². The van der Waals surface area contributed by atoms with Gasteiger partial charge in [-0.3, -0.25) is 14.3 Å². The van der Waals surface area contributed by atoms with Crippen molar-refractivity contribution in [2.75, 3.05) is 0 Å². The van der Waals surface area contributed by atoms with E-state index in [0.29, 0.717) is 6.54 Å². The van der Waals surface area contributed by atoms with Crippen LogP contribution in [0.5, 0.6) is 0 Å². The number of amides is 1. The van der Waals surface area contributed by atoms with Crippen molar-refractivity contribution in [3.63, 3.8) is 0 Å². The summed E-state index contributed by atoms with van der Waals surface area (Å²) in [5.41, 5.74) is 7.26. The number of carboxylic acids is 1. The Morgan fingerprint density at radius 3 is 2.83 bits per heavy atom. The van der Waals surface area contributed by atoms with Crippen molar-refractivity contribution in [2.45, 2.75) is 32.4 Å². The Hall–Kier alpha value is -1.89. The number of nitrogens with one attached hydrogen (secondary N) is 1. The second-order valence-corrected chi connectivity index (χ2v) is 4.05. The Kier molecular flexibility index (Phi) is 4.85. The predicted molar refractivity (Wildman–Crippen MR) is 64.7 cm³/mol. The maximum absolute atomic E-state index is 11.5. The molecule has 0 saturated carbocycles. The minimum atomic E-state index is -1.09. The molecule has 18 heavy (non-hydrogen) atoms. The number of rotatable bonds is 6. The van der Waals surface area contributed by atoms with Crippen LogP contribution in [-0.4, -0.2) is 32.8 Å². The normalized spacial score (nSPS) is 12.2. The summed E-state index contributed by atoms with van der Waals surface area (Å²) in [5.74, 6) is -1.56. The first kappa shape index (κ1) is 14.2. The van der Waals surface area contributed by atoms with E-state index in [9.17, 15) is 9.59 Å². The van der Waals surface area contributed by atoms with Gasteiger partial charge in [0.2, 0.25) is 5.91 Å². The molecule has 4 N–H and O–H groups in total. The summed E-state index contributed by atoms with van der Waals surface area (Å²) in [6, 6.07) is -1.02. The zero-order valence-electron chi connectivity index (χ0n) is 10.5. The summed E-state index contributed by atoms with van der Waals surface area (Å²) < 4.78 is 1.68. The number of carbonyl (C=O) groups is 2. The molecule has 1 unspecified atom stereocenters. The van der Waals surface area contributed by atoms with Crippen LogP contribution >= 0.6 is 0 Å². The average molecular weight is 254 g/mol. The van der Waals surface area contributed by atoms with E-state index >= 15 is 0 Å². The second-order valence-electron chi connectivity index (χ2n) is 4.05. The van der Waals surface area contributed by atoms with E-state index in [2.05, 4.69) is 10.4 Å². The molecule has 0 fully saturated rings. The summed E-state index contributed by atoms with van der Waals surface area (Å²) in [7, 11) is 1.81. The SMILES string of the molecule is CCc1nn(C)cc1CNC(=O)C(N)CC(=O)O. The van der Waals surface area contributed by atoms with Crippen molar-refractivity contribution in [3.8, 4) is 0 Å². The number of aliphatic carboxylic acids is 1. The molecule has 0 bridgehead atoms. The largest absolute Gasteiger partial charge is 0.481 e. The number of carboxylic acid groups (broad SMARTS) is 1. The van der Waals surface area contributed by atoms with Crippen molar-refractivity contribution < 1.29 is 14.7 Å². The van der Waals surface area contributed by atoms with Crippen molar-refractivity contribution in [3.05, 3.63) is 17.5 Å². The van der Waals surface area contributed by atoms with Crippen molar-refractivity contribution >= 4 is 11.9 Å². The number of aromatic nitrogens is 2. The molecule has 1 atom stereocenters. The van der Waals surface area contributed by atoms with Gasteiger partial charge in [-0.05, 0) is 6.42 Å². The highest BCUT2D eigenvalue weighted by Crippen LogP contribution is 2.06. The average Bonchev–Trinajstić information content (AvgIpc) is 2.65. The molecular weight excluding hydrogens is 236 g/mol. The van der Waals surface area contributed by atoms with Crippen LogP contribution in [0, 0.1) is 0 Å². The molecule has 1 aromatic heterocycles. The van der Waals surface area contributed by atoms with E-state index in [0.717, 1.165) is 17.7 Å². The highest BCUT2D eigenvalue weighted by Gasteiger charge is 2.17. The zero-order chi connectivity index (χ0) is 13.7. The molecule has 7 heteroatoms. The van der Waals surface area contributed by atoms with Gasteiger partial charge < -0.3 is 16.2 Å². The summed E-state index contributed by atoms with van der Waals surface area (Å²) >= 11 is 0. The summed E-state index contributed by atoms with van der Waals surface area (Å²) in [6.45, 7) is 2.28. The molecule has 0 spiro atoms. The first-order valence-electron chi connectivity index (χ1n) is 5.70. The monoisotopic (exact) mass is 254 g/mol. The smallest absolute Gasteiger partial charge is 0.305 e. The topological polar surface area (TPSA) is 110 Å². The van der Waals surface area contributed by atoms with Crippen molar-refractivity contribution in [1.82, 2.24) is 15.1 Å². The van der Waals surface area contributed by atoms with Crippen LogP contribution in [0.2, 0.25) is 0 Å². The van der Waals surface area contributed by atoms with Gasteiger partial charge in [0, 0.05) is 25.4 Å². The number of carbonyl (C=O) groups excluding carboxylic acids is 1. The lowest BCUT2D eigenvalue weighted by molar-refractivity contribution is -0.139. The summed E-state index contributed by atoms with van der Waals surface area (Å²) in [6.07, 6.45) is 2.22. The Labute approximate surface area is 105 Å². The Bertz CT molecular complexity index is 441. The number of aryl methyl sites for hydroxylation is 2. The molecule has 7 nitrogen and oxygen atoms in total. The van der Waals surface area contributed by atoms with Gasteiger partial charge in [0.05, 0.1) is 18.2 Å². The molecule has 1 aromatic rings. The Morgan fingerprint density at radius 2 is 2.28 bits per heavy atom. The maximum Gasteiger partial charge on any atom is 0.305 e. The molecule has 0 radical (unpaired) electrons. The lowest BCUT2D eigenvalue weighted by Crippen LogP contribution is -2.41. The van der Waals surface area contributed by atoms with E-state index in [-0.39, 0.29) is 6.42 Å². The Morgan fingerprint density at radius 1 is 1.61 bits per heavy atom. The molecule has 0 aliphatic carbocycles. The second kappa shape index (κ2) is 6.15. The van der Waals surface area contributed by atoms with Gasteiger partial charge in [-0.25, -0.2) is 0 Å². The summed E-state index contributed by atoms with van der Waals surface area (Å²) in [4.78, 5) is 22.0. The third kappa shape index (κ3) is 3.85. The van der Waals surface area contributed by atoms with Crippen LogP contribution in [0.15, 0.2) is 6.20 Å². The quantitative estimate of drug-likeness (QED) is 0.628. The zero-order valence-corrected chi connectivity index (χ0v) is 10.5. The molecule has 1 rings (SSSR count). The number of nitrogens with two attached hydrogens (primary N) is 1. The van der Waals surface area contributed by atoms with Gasteiger partial charge in [-0.1, -0.05) is 6.92 Å². The summed E-state index contributed by atoms with van der Waals surface area (Å²) in [5, 5.41) is 15.4. The van der Waals surface area contributed by atoms with Crippen LogP contribution < -0.4 is 11.1 Å². The molecule has 1 amide bonds. The Balaban J connectivity index is 2.54. The number of hydrogen-bond acceptors (Lipinski definition) is 4. The molecule has 0 aromatic carbocycles. The molecule has 0 aliphatic heterocycles. The highest BCUT2D eigenvalue weighted by atomic mass is 16.4. The van der Waals surface area contributed by atoms with Crippen molar-refractivity contribution in [1.29, 1.82) is 0 Å². The van der Waals surface area contributed by atoms with Crippen LogP contribution in [-0.2, 0) is 29.6 Å². The molecule has 100 valence electrons. The van der Waals surface area contributed by atoms with E-state index in [1.165, 1.54) is 0 Å². The minimum Gasteiger partial charge on any atom is -0.481 e. The predicted octanol–water partition coefficient (Wildman–Crippen LogP) is -0.599. The van der Waals surface area contributed by atoms with Gasteiger partial charge in [0.15, 0.2) is 0 Å². The lowest BCUT2D eigenvalue weighted by atomic mass is 10.2. The molecular formula is C11H18N4O3. The van der Waals surface area contributed by atoms with Gasteiger partial charge in [0.1, 0.15) is 0 Å². The van der Waals surface area contributed by atoms with E-state index in [1.54, 1.807) is 11.7 Å². The van der Waals surface area contributed by atoms with E-state index in [4.69, 9.17) is 10.8 Å². The standard InChI is InChI=1S/C11H18N4O3/c1-3-9-7(6-15(2)14-9)5-13-11(18)8(12)4-10(16)17/h6,8H,3-5,12H2,1-2H3,(H,13,18)(H,16,17). The third-order valence-electron chi connectivity index (χ3n) is 2.51. The van der Waals surface area contributed by atoms with Gasteiger partial charge in [-0.15, -0.1) is 0 Å². The fraction of sp³-hybridized carbons (Fsp3) is 0.545. The first-order chi connectivity index (χ1) is 8.43. The number of hydrogen-bond donors (Lipinski definition) is 3. The van der Waals surface area contributed by atoms with Crippen LogP contribution in [0.25, 0.3) is 0 Å². The maximum atomic E-state index is 11.5. The third-order valence-corrected chi connectivity index (χ3v) is 2.51. The molecule has 0 aliphatic rings. The van der Waals surface area contributed by atoms with Crippen molar-refractivity contribution in [2.24, 2.45) is 12.8 Å². The van der Waals surface area contributed by atoms with E-state index in [1.807, 2.05) is 13.1 Å².